The number of hydrazine groups is 1. The molecule has 0 saturated carbocycles. The number of nitrogens with one attached hydrogen (secondary N) is 2. The SMILES string of the molecule is CCOc1ccccc1OCCCC(=O)NNC(=O)[C@H]1COc2ccccc2O1. The molecule has 2 aromatic carbocycles. The van der Waals surface area contributed by atoms with Crippen LogP contribution in [0.25, 0.3) is 0 Å². The third kappa shape index (κ3) is 5.78. The number of hydrogen-bond donors (Lipinski definition) is 2. The van der Waals surface area contributed by atoms with E-state index in [1.54, 1.807) is 18.2 Å². The maximum absolute atomic E-state index is 12.2. The lowest BCUT2D eigenvalue weighted by atomic mass is 10.2. The van der Waals surface area contributed by atoms with E-state index in [0.717, 1.165) is 0 Å². The molecule has 8 nitrogen and oxygen atoms in total. The monoisotopic (exact) mass is 400 g/mol. The molecule has 154 valence electrons. The summed E-state index contributed by atoms with van der Waals surface area (Å²) >= 11 is 0. The maximum atomic E-state index is 12.2. The smallest absolute Gasteiger partial charge is 0.283 e. The Kier molecular flexibility index (Phi) is 7.16. The lowest BCUT2D eigenvalue weighted by Gasteiger charge is -2.25. The number of carbonyl (C=O) groups is 2. The zero-order valence-electron chi connectivity index (χ0n) is 16.2. The zero-order chi connectivity index (χ0) is 20.5. The lowest BCUT2D eigenvalue weighted by Crippen LogP contribution is -2.50. The minimum absolute atomic E-state index is 0.0752. The van der Waals surface area contributed by atoms with Crippen LogP contribution in [0.4, 0.5) is 0 Å². The summed E-state index contributed by atoms with van der Waals surface area (Å²) in [7, 11) is 0. The van der Waals surface area contributed by atoms with Gasteiger partial charge in [0.05, 0.1) is 13.2 Å². The van der Waals surface area contributed by atoms with Crippen molar-refractivity contribution in [3.05, 3.63) is 48.5 Å². The Morgan fingerprint density at radius 1 is 1.00 bits per heavy atom. The van der Waals surface area contributed by atoms with E-state index in [0.29, 0.717) is 42.6 Å². The molecule has 1 heterocycles. The van der Waals surface area contributed by atoms with Crippen molar-refractivity contribution in [1.29, 1.82) is 0 Å². The quantitative estimate of drug-likeness (QED) is 0.521. The van der Waals surface area contributed by atoms with Crippen molar-refractivity contribution in [3.63, 3.8) is 0 Å². The fourth-order valence-electron chi connectivity index (χ4n) is 2.68. The Balaban J connectivity index is 1.35. The van der Waals surface area contributed by atoms with Gasteiger partial charge in [-0.1, -0.05) is 24.3 Å². The van der Waals surface area contributed by atoms with Crippen LogP contribution in [0.15, 0.2) is 48.5 Å². The molecule has 8 heteroatoms. The molecule has 1 aliphatic rings. The van der Waals surface area contributed by atoms with E-state index in [4.69, 9.17) is 18.9 Å². The van der Waals surface area contributed by atoms with Crippen molar-refractivity contribution in [2.75, 3.05) is 19.8 Å². The summed E-state index contributed by atoms with van der Waals surface area (Å²) in [4.78, 5) is 24.1. The van der Waals surface area contributed by atoms with Crippen molar-refractivity contribution < 1.29 is 28.5 Å². The molecule has 0 bridgehead atoms. The van der Waals surface area contributed by atoms with E-state index >= 15 is 0 Å². The topological polar surface area (TPSA) is 95.1 Å². The van der Waals surface area contributed by atoms with Crippen LogP contribution in [0.1, 0.15) is 19.8 Å². The number of hydrogen-bond acceptors (Lipinski definition) is 6. The van der Waals surface area contributed by atoms with Gasteiger partial charge in [-0.3, -0.25) is 20.4 Å². The van der Waals surface area contributed by atoms with E-state index in [1.807, 2.05) is 37.3 Å². The summed E-state index contributed by atoms with van der Waals surface area (Å²) in [5.74, 6) is 1.59. The van der Waals surface area contributed by atoms with Crippen LogP contribution in [0.2, 0.25) is 0 Å². The highest BCUT2D eigenvalue weighted by Gasteiger charge is 2.27. The first kappa shape index (κ1) is 20.3. The number of ether oxygens (including phenoxy) is 4. The standard InChI is InChI=1S/C21H24N2O6/c1-2-26-15-8-3-4-9-16(15)27-13-7-12-20(24)22-23-21(25)19-14-28-17-10-5-6-11-18(17)29-19/h3-6,8-11,19H,2,7,12-14H2,1H3,(H,22,24)(H,23,25)/t19-/m1/s1. The van der Waals surface area contributed by atoms with Crippen LogP contribution >= 0.6 is 0 Å². The van der Waals surface area contributed by atoms with E-state index in [1.165, 1.54) is 0 Å². The minimum Gasteiger partial charge on any atom is -0.490 e. The summed E-state index contributed by atoms with van der Waals surface area (Å²) in [6.45, 7) is 2.87. The van der Waals surface area contributed by atoms with Gasteiger partial charge in [-0.15, -0.1) is 0 Å². The fraction of sp³-hybridized carbons (Fsp3) is 0.333. The largest absolute Gasteiger partial charge is 0.490 e. The molecule has 1 aliphatic heterocycles. The molecular weight excluding hydrogens is 376 g/mol. The van der Waals surface area contributed by atoms with Gasteiger partial charge in [0.25, 0.3) is 5.91 Å². The zero-order valence-corrected chi connectivity index (χ0v) is 16.2. The molecule has 3 rings (SSSR count). The molecule has 0 spiro atoms. The molecule has 0 unspecified atom stereocenters. The average molecular weight is 400 g/mol. The van der Waals surface area contributed by atoms with Crippen LogP contribution in [0.3, 0.4) is 0 Å². The lowest BCUT2D eigenvalue weighted by molar-refractivity contribution is -0.135. The highest BCUT2D eigenvalue weighted by molar-refractivity contribution is 5.85. The van der Waals surface area contributed by atoms with Crippen molar-refractivity contribution in [2.45, 2.75) is 25.9 Å². The maximum Gasteiger partial charge on any atom is 0.283 e. The second-order valence-corrected chi connectivity index (χ2v) is 6.23. The molecule has 2 N–H and O–H groups in total. The van der Waals surface area contributed by atoms with Crippen LogP contribution in [-0.4, -0.2) is 37.7 Å². The molecule has 2 amide bonds. The number of benzene rings is 2. The predicted molar refractivity (Wildman–Crippen MR) is 105 cm³/mol. The first-order chi connectivity index (χ1) is 14.2. The third-order valence-electron chi connectivity index (χ3n) is 4.08. The summed E-state index contributed by atoms with van der Waals surface area (Å²) in [6, 6.07) is 14.5. The van der Waals surface area contributed by atoms with Crippen LogP contribution < -0.4 is 29.8 Å². The Morgan fingerprint density at radius 3 is 2.45 bits per heavy atom. The van der Waals surface area contributed by atoms with E-state index < -0.39 is 12.0 Å². The number of para-hydroxylation sites is 4. The predicted octanol–water partition coefficient (Wildman–Crippen LogP) is 2.23. The first-order valence-electron chi connectivity index (χ1n) is 9.49. The van der Waals surface area contributed by atoms with Gasteiger partial charge in [-0.25, -0.2) is 0 Å². The summed E-state index contributed by atoms with van der Waals surface area (Å²) in [5, 5.41) is 0. The average Bonchev–Trinajstić information content (AvgIpc) is 2.76. The van der Waals surface area contributed by atoms with Gasteiger partial charge in [0.1, 0.15) is 6.61 Å². The van der Waals surface area contributed by atoms with Gasteiger partial charge >= 0.3 is 0 Å². The van der Waals surface area contributed by atoms with Crippen LogP contribution in [0.5, 0.6) is 23.0 Å². The third-order valence-corrected chi connectivity index (χ3v) is 4.08. The molecule has 29 heavy (non-hydrogen) atoms. The Bertz CT molecular complexity index is 841. The van der Waals surface area contributed by atoms with E-state index in [-0.39, 0.29) is 18.9 Å². The number of fused-ring (bicyclic) bond motifs is 1. The Labute approximate surface area is 169 Å². The van der Waals surface area contributed by atoms with Gasteiger partial charge in [0, 0.05) is 6.42 Å². The molecule has 0 aliphatic carbocycles. The summed E-state index contributed by atoms with van der Waals surface area (Å²) in [6.07, 6.45) is -0.149. The number of amides is 2. The minimum atomic E-state index is -0.830. The second-order valence-electron chi connectivity index (χ2n) is 6.23. The Hall–Kier alpha value is -3.42. The van der Waals surface area contributed by atoms with E-state index in [2.05, 4.69) is 10.9 Å². The van der Waals surface area contributed by atoms with Gasteiger partial charge in [0.2, 0.25) is 12.0 Å². The fourth-order valence-corrected chi connectivity index (χ4v) is 2.68. The molecule has 0 saturated heterocycles. The van der Waals surface area contributed by atoms with Crippen molar-refractivity contribution >= 4 is 11.8 Å². The van der Waals surface area contributed by atoms with Crippen molar-refractivity contribution in [1.82, 2.24) is 10.9 Å². The molecule has 0 radical (unpaired) electrons. The first-order valence-corrected chi connectivity index (χ1v) is 9.49. The number of rotatable bonds is 8. The van der Waals surface area contributed by atoms with Crippen molar-refractivity contribution in [3.8, 4) is 23.0 Å². The van der Waals surface area contributed by atoms with Gasteiger partial charge in [-0.2, -0.15) is 0 Å². The van der Waals surface area contributed by atoms with Gasteiger partial charge in [-0.05, 0) is 37.6 Å². The molecule has 1 atom stereocenters. The van der Waals surface area contributed by atoms with Crippen molar-refractivity contribution in [2.24, 2.45) is 0 Å². The van der Waals surface area contributed by atoms with E-state index in [9.17, 15) is 9.59 Å². The normalized spacial score (nSPS) is 14.6. The number of carbonyl (C=O) groups excluding carboxylic acids is 2. The highest BCUT2D eigenvalue weighted by atomic mass is 16.6. The summed E-state index contributed by atoms with van der Waals surface area (Å²) in [5.41, 5.74) is 4.74. The Morgan fingerprint density at radius 2 is 1.69 bits per heavy atom. The molecular formula is C21H24N2O6. The molecule has 2 aromatic rings. The van der Waals surface area contributed by atoms with Gasteiger partial charge < -0.3 is 18.9 Å². The second kappa shape index (κ2) is 10.2. The molecule has 0 fully saturated rings. The van der Waals surface area contributed by atoms with Crippen LogP contribution in [-0.2, 0) is 9.59 Å². The highest BCUT2D eigenvalue weighted by Crippen LogP contribution is 2.30. The molecule has 0 aromatic heterocycles. The van der Waals surface area contributed by atoms with Crippen LogP contribution in [0, 0.1) is 0 Å². The summed E-state index contributed by atoms with van der Waals surface area (Å²) < 4.78 is 22.2. The van der Waals surface area contributed by atoms with Gasteiger partial charge in [0.15, 0.2) is 23.0 Å².